The normalized spacial score (nSPS) is 10.3. The topological polar surface area (TPSA) is 70.2 Å². The van der Waals surface area contributed by atoms with Crippen LogP contribution in [0.25, 0.3) is 10.1 Å². The molecule has 0 aliphatic carbocycles. The summed E-state index contributed by atoms with van der Waals surface area (Å²) in [6.07, 6.45) is 0. The van der Waals surface area contributed by atoms with Crippen molar-refractivity contribution in [3.63, 3.8) is 0 Å². The zero-order valence-corrected chi connectivity index (χ0v) is 11.2. The molecule has 2 aromatic rings. The molecule has 5 nitrogen and oxygen atoms in total. The lowest BCUT2D eigenvalue weighted by Gasteiger charge is -2.05. The number of rotatable bonds is 1. The Bertz CT molecular complexity index is 654. The summed E-state index contributed by atoms with van der Waals surface area (Å²) in [4.78, 5) is 23.2. The van der Waals surface area contributed by atoms with E-state index in [0.29, 0.717) is 20.5 Å². The maximum absolute atomic E-state index is 13.7. The fourth-order valence-electron chi connectivity index (χ4n) is 1.70. The predicted octanol–water partition coefficient (Wildman–Crippen LogP) is 1.92. The van der Waals surface area contributed by atoms with Crippen LogP contribution in [-0.2, 0) is 0 Å². The quantitative estimate of drug-likeness (QED) is 0.699. The average molecular weight is 281 g/mol. The molecule has 0 radical (unpaired) electrons. The van der Waals surface area contributed by atoms with E-state index in [1.54, 1.807) is 19.1 Å². The van der Waals surface area contributed by atoms with Crippen molar-refractivity contribution >= 4 is 33.4 Å². The van der Waals surface area contributed by atoms with E-state index in [4.69, 9.17) is 0 Å². The standard InChI is InChI=1S/C12H12FN3O2S/c1-6-9-7(13)4-3-5-8(9)19-10(6)11(17)15-16-12(18)14-2/h3-5H,1-2H3,(H,15,17)(H2,14,16,18). The van der Waals surface area contributed by atoms with Gasteiger partial charge in [0.25, 0.3) is 5.91 Å². The summed E-state index contributed by atoms with van der Waals surface area (Å²) in [5.41, 5.74) is 5.00. The molecule has 0 aliphatic rings. The SMILES string of the molecule is CNC(=O)NNC(=O)c1sc2cccc(F)c2c1C. The van der Waals surface area contributed by atoms with Gasteiger partial charge in [-0.1, -0.05) is 6.07 Å². The van der Waals surface area contributed by atoms with Crippen LogP contribution in [0.3, 0.4) is 0 Å². The van der Waals surface area contributed by atoms with Crippen molar-refractivity contribution in [3.05, 3.63) is 34.5 Å². The Morgan fingerprint density at radius 3 is 2.63 bits per heavy atom. The van der Waals surface area contributed by atoms with Gasteiger partial charge in [0.15, 0.2) is 0 Å². The third-order valence-electron chi connectivity index (χ3n) is 2.63. The molecule has 1 heterocycles. The number of benzene rings is 1. The fraction of sp³-hybridized carbons (Fsp3) is 0.167. The first-order chi connectivity index (χ1) is 9.04. The lowest BCUT2D eigenvalue weighted by atomic mass is 10.1. The van der Waals surface area contributed by atoms with Crippen molar-refractivity contribution in [2.45, 2.75) is 6.92 Å². The molecule has 3 N–H and O–H groups in total. The van der Waals surface area contributed by atoms with Gasteiger partial charge >= 0.3 is 6.03 Å². The smallest absolute Gasteiger partial charge is 0.333 e. The monoisotopic (exact) mass is 281 g/mol. The van der Waals surface area contributed by atoms with Crippen LogP contribution in [-0.4, -0.2) is 19.0 Å². The summed E-state index contributed by atoms with van der Waals surface area (Å²) < 4.78 is 14.4. The molecule has 19 heavy (non-hydrogen) atoms. The second-order valence-corrected chi connectivity index (χ2v) is 4.88. The van der Waals surface area contributed by atoms with Crippen molar-refractivity contribution in [2.75, 3.05) is 7.05 Å². The second kappa shape index (κ2) is 5.23. The van der Waals surface area contributed by atoms with Crippen LogP contribution in [0.1, 0.15) is 15.2 Å². The summed E-state index contributed by atoms with van der Waals surface area (Å²) in [5.74, 6) is -0.828. The highest BCUT2D eigenvalue weighted by atomic mass is 32.1. The molecule has 0 aliphatic heterocycles. The largest absolute Gasteiger partial charge is 0.340 e. The van der Waals surface area contributed by atoms with Crippen molar-refractivity contribution in [1.82, 2.24) is 16.2 Å². The van der Waals surface area contributed by atoms with E-state index in [9.17, 15) is 14.0 Å². The fourth-order valence-corrected chi connectivity index (χ4v) is 2.82. The molecule has 0 saturated heterocycles. The highest BCUT2D eigenvalue weighted by Crippen LogP contribution is 2.32. The van der Waals surface area contributed by atoms with Crippen molar-refractivity contribution in [3.8, 4) is 0 Å². The number of hydrogen-bond acceptors (Lipinski definition) is 3. The minimum atomic E-state index is -0.529. The van der Waals surface area contributed by atoms with Gasteiger partial charge in [-0.3, -0.25) is 10.2 Å². The number of halogens is 1. The van der Waals surface area contributed by atoms with E-state index in [0.717, 1.165) is 0 Å². The van der Waals surface area contributed by atoms with E-state index in [-0.39, 0.29) is 5.82 Å². The number of hydrazine groups is 1. The summed E-state index contributed by atoms with van der Waals surface area (Å²) in [5, 5.41) is 2.74. The number of fused-ring (bicyclic) bond motifs is 1. The van der Waals surface area contributed by atoms with Crippen molar-refractivity contribution in [1.29, 1.82) is 0 Å². The van der Waals surface area contributed by atoms with E-state index in [2.05, 4.69) is 16.2 Å². The molecule has 0 unspecified atom stereocenters. The minimum absolute atomic E-state index is 0.357. The highest BCUT2D eigenvalue weighted by Gasteiger charge is 2.17. The zero-order valence-electron chi connectivity index (χ0n) is 10.3. The molecule has 100 valence electrons. The summed E-state index contributed by atoms with van der Waals surface area (Å²) in [6, 6.07) is 4.17. The molecule has 0 fully saturated rings. The van der Waals surface area contributed by atoms with Gasteiger partial charge in [0.1, 0.15) is 5.82 Å². The lowest BCUT2D eigenvalue weighted by Crippen LogP contribution is -2.45. The van der Waals surface area contributed by atoms with Crippen LogP contribution in [0.5, 0.6) is 0 Å². The third-order valence-corrected chi connectivity index (χ3v) is 3.88. The van der Waals surface area contributed by atoms with Gasteiger partial charge in [-0.2, -0.15) is 0 Å². The molecule has 1 aromatic carbocycles. The number of thiophene rings is 1. The number of urea groups is 1. The van der Waals surface area contributed by atoms with Crippen LogP contribution in [0, 0.1) is 12.7 Å². The number of hydrogen-bond donors (Lipinski definition) is 3. The summed E-state index contributed by atoms with van der Waals surface area (Å²) >= 11 is 1.18. The van der Waals surface area contributed by atoms with Crippen LogP contribution >= 0.6 is 11.3 Å². The Labute approximate surface area is 112 Å². The molecule has 2 rings (SSSR count). The predicted molar refractivity (Wildman–Crippen MR) is 71.6 cm³/mol. The average Bonchev–Trinajstić information content (AvgIpc) is 2.74. The number of aryl methyl sites for hydroxylation is 1. The molecule has 1 aromatic heterocycles. The molecule has 0 saturated carbocycles. The first-order valence-corrected chi connectivity index (χ1v) is 6.32. The van der Waals surface area contributed by atoms with E-state index in [1.165, 1.54) is 24.5 Å². The Hall–Kier alpha value is -2.15. The molecule has 0 bridgehead atoms. The van der Waals surface area contributed by atoms with Gasteiger partial charge < -0.3 is 5.32 Å². The number of carbonyl (C=O) groups excluding carboxylic acids is 2. The van der Waals surface area contributed by atoms with Crippen LogP contribution in [0.4, 0.5) is 9.18 Å². The molecular formula is C12H12FN3O2S. The van der Waals surface area contributed by atoms with Gasteiger partial charge in [-0.15, -0.1) is 11.3 Å². The maximum Gasteiger partial charge on any atom is 0.333 e. The Balaban J connectivity index is 2.30. The second-order valence-electron chi connectivity index (χ2n) is 3.83. The van der Waals surface area contributed by atoms with Gasteiger partial charge in [-0.25, -0.2) is 14.6 Å². The Morgan fingerprint density at radius 2 is 2.00 bits per heavy atom. The number of carbonyl (C=O) groups is 2. The Kier molecular flexibility index (Phi) is 3.66. The maximum atomic E-state index is 13.7. The molecule has 0 atom stereocenters. The third kappa shape index (κ3) is 2.50. The summed E-state index contributed by atoms with van der Waals surface area (Å²) in [6.45, 7) is 1.68. The lowest BCUT2D eigenvalue weighted by molar-refractivity contribution is 0.0940. The molecule has 3 amide bonds. The van der Waals surface area contributed by atoms with Gasteiger partial charge in [-0.05, 0) is 24.6 Å². The van der Waals surface area contributed by atoms with Crippen molar-refractivity contribution in [2.24, 2.45) is 0 Å². The van der Waals surface area contributed by atoms with E-state index >= 15 is 0 Å². The first kappa shape index (κ1) is 13.3. The highest BCUT2D eigenvalue weighted by molar-refractivity contribution is 7.21. The van der Waals surface area contributed by atoms with E-state index < -0.39 is 11.9 Å². The molecule has 7 heteroatoms. The van der Waals surface area contributed by atoms with Gasteiger partial charge in [0.2, 0.25) is 0 Å². The first-order valence-electron chi connectivity index (χ1n) is 5.50. The van der Waals surface area contributed by atoms with Gasteiger partial charge in [0, 0.05) is 17.1 Å². The minimum Gasteiger partial charge on any atom is -0.340 e. The number of amides is 3. The van der Waals surface area contributed by atoms with Crippen molar-refractivity contribution < 1.29 is 14.0 Å². The van der Waals surface area contributed by atoms with Crippen LogP contribution < -0.4 is 16.2 Å². The zero-order chi connectivity index (χ0) is 14.0. The van der Waals surface area contributed by atoms with Crippen LogP contribution in [0.15, 0.2) is 18.2 Å². The molecule has 0 spiro atoms. The van der Waals surface area contributed by atoms with E-state index in [1.807, 2.05) is 0 Å². The Morgan fingerprint density at radius 1 is 1.26 bits per heavy atom. The molecular weight excluding hydrogens is 269 g/mol. The van der Waals surface area contributed by atoms with Crippen LogP contribution in [0.2, 0.25) is 0 Å². The van der Waals surface area contributed by atoms with Gasteiger partial charge in [0.05, 0.1) is 4.88 Å². The number of nitrogens with one attached hydrogen (secondary N) is 3. The summed E-state index contributed by atoms with van der Waals surface area (Å²) in [7, 11) is 1.43.